The average molecular weight is 434 g/mol. The molecule has 1 aromatic rings. The number of nitrogens with zero attached hydrogens (tertiary/aromatic N) is 4. The highest BCUT2D eigenvalue weighted by Gasteiger charge is 2.47. The fraction of sp³-hybridized carbons (Fsp3) is 0.778. The van der Waals surface area contributed by atoms with Crippen LogP contribution in [0.15, 0.2) is 4.90 Å². The van der Waals surface area contributed by atoms with Crippen molar-refractivity contribution in [2.45, 2.75) is 43.8 Å². The van der Waals surface area contributed by atoms with Crippen molar-refractivity contribution in [3.63, 3.8) is 0 Å². The van der Waals surface area contributed by atoms with Crippen molar-refractivity contribution in [2.75, 3.05) is 39.4 Å². The largest absolute Gasteiger partial charge is 0.451 e. The molecule has 0 bridgehead atoms. The van der Waals surface area contributed by atoms with Crippen molar-refractivity contribution in [2.24, 2.45) is 11.8 Å². The van der Waals surface area contributed by atoms with Crippen LogP contribution >= 0.6 is 0 Å². The van der Waals surface area contributed by atoms with E-state index in [-0.39, 0.29) is 28.1 Å². The first-order valence-corrected chi connectivity index (χ1v) is 11.3. The minimum Gasteiger partial charge on any atom is -0.381 e. The van der Waals surface area contributed by atoms with Gasteiger partial charge in [-0.25, -0.2) is 18.4 Å². The van der Waals surface area contributed by atoms with E-state index in [2.05, 4.69) is 14.9 Å². The highest BCUT2D eigenvalue weighted by Crippen LogP contribution is 2.37. The van der Waals surface area contributed by atoms with Gasteiger partial charge in [-0.1, -0.05) is 0 Å². The molecule has 3 aliphatic heterocycles. The lowest BCUT2D eigenvalue weighted by Gasteiger charge is -2.32. The second-order valence-electron chi connectivity index (χ2n) is 8.18. The number of likely N-dealkylation sites (tertiary alicyclic amines) is 1. The van der Waals surface area contributed by atoms with Crippen LogP contribution in [0.1, 0.15) is 30.1 Å². The van der Waals surface area contributed by atoms with Gasteiger partial charge in [0, 0.05) is 45.4 Å². The summed E-state index contributed by atoms with van der Waals surface area (Å²) in [6, 6.07) is 0.493. The van der Waals surface area contributed by atoms with Crippen LogP contribution < -0.4 is 0 Å². The molecular formula is C18H25F3N4O3S. The predicted molar refractivity (Wildman–Crippen MR) is 97.7 cm³/mol. The van der Waals surface area contributed by atoms with Gasteiger partial charge >= 0.3 is 6.18 Å². The maximum atomic E-state index is 13.2. The Hall–Kier alpha value is -1.30. The molecule has 7 nitrogen and oxygen atoms in total. The Bertz CT molecular complexity index is 850. The Morgan fingerprint density at radius 3 is 1.97 bits per heavy atom. The van der Waals surface area contributed by atoms with Crippen molar-refractivity contribution >= 4 is 10.0 Å². The molecule has 0 spiro atoms. The summed E-state index contributed by atoms with van der Waals surface area (Å²) in [5, 5.41) is 0. The van der Waals surface area contributed by atoms with Gasteiger partial charge in [0.2, 0.25) is 15.8 Å². The number of alkyl halides is 3. The SMILES string of the molecule is Cc1nc(C(F)(F)F)nc(C)c1S(=O)(=O)N1CC2CN(C3CCOCC3)C[C@@H]2C1. The summed E-state index contributed by atoms with van der Waals surface area (Å²) in [6.45, 7) is 6.58. The summed E-state index contributed by atoms with van der Waals surface area (Å²) in [5.41, 5.74) is -0.323. The van der Waals surface area contributed by atoms with E-state index in [4.69, 9.17) is 4.74 Å². The molecule has 3 aliphatic rings. The van der Waals surface area contributed by atoms with Gasteiger partial charge in [0.1, 0.15) is 4.90 Å². The number of rotatable bonds is 3. The highest BCUT2D eigenvalue weighted by atomic mass is 32.2. The lowest BCUT2D eigenvalue weighted by molar-refractivity contribution is -0.145. The molecule has 162 valence electrons. The lowest BCUT2D eigenvalue weighted by atomic mass is 10.0. The van der Waals surface area contributed by atoms with Gasteiger partial charge in [-0.05, 0) is 38.5 Å². The molecule has 0 amide bonds. The third-order valence-corrected chi connectivity index (χ3v) is 8.33. The van der Waals surface area contributed by atoms with Crippen LogP contribution in [0.5, 0.6) is 0 Å². The normalized spacial score (nSPS) is 27.5. The number of hydrogen-bond acceptors (Lipinski definition) is 6. The number of ether oxygens (including phenoxy) is 1. The lowest BCUT2D eigenvalue weighted by Crippen LogP contribution is -2.40. The van der Waals surface area contributed by atoms with Gasteiger partial charge in [0.15, 0.2) is 0 Å². The molecular weight excluding hydrogens is 409 g/mol. The van der Waals surface area contributed by atoms with Crippen LogP contribution in [0.2, 0.25) is 0 Å². The van der Waals surface area contributed by atoms with E-state index in [0.717, 1.165) is 39.1 Å². The first kappa shape index (κ1) is 21.0. The monoisotopic (exact) mass is 434 g/mol. The average Bonchev–Trinajstić information content (AvgIpc) is 3.20. The molecule has 3 saturated heterocycles. The topological polar surface area (TPSA) is 75.6 Å². The van der Waals surface area contributed by atoms with Crippen molar-refractivity contribution in [1.82, 2.24) is 19.2 Å². The first-order chi connectivity index (χ1) is 13.6. The van der Waals surface area contributed by atoms with E-state index < -0.39 is 22.0 Å². The molecule has 4 rings (SSSR count). The van der Waals surface area contributed by atoms with E-state index >= 15 is 0 Å². The number of halogens is 3. The summed E-state index contributed by atoms with van der Waals surface area (Å²) in [5.74, 6) is -0.830. The molecule has 3 fully saturated rings. The second-order valence-corrected chi connectivity index (χ2v) is 10.1. The number of sulfonamides is 1. The van der Waals surface area contributed by atoms with E-state index in [0.29, 0.717) is 19.1 Å². The number of aromatic nitrogens is 2. The Morgan fingerprint density at radius 1 is 0.966 bits per heavy atom. The Morgan fingerprint density at radius 2 is 1.48 bits per heavy atom. The van der Waals surface area contributed by atoms with Crippen molar-refractivity contribution in [3.8, 4) is 0 Å². The second kappa shape index (κ2) is 7.44. The summed E-state index contributed by atoms with van der Waals surface area (Å²) >= 11 is 0. The first-order valence-electron chi connectivity index (χ1n) is 9.81. The van der Waals surface area contributed by atoms with Gasteiger partial charge in [0.05, 0.1) is 11.4 Å². The maximum absolute atomic E-state index is 13.2. The summed E-state index contributed by atoms with van der Waals surface area (Å²) < 4.78 is 72.0. The van der Waals surface area contributed by atoms with Gasteiger partial charge in [-0.3, -0.25) is 4.90 Å². The third-order valence-electron chi connectivity index (χ3n) is 6.24. The summed E-state index contributed by atoms with van der Waals surface area (Å²) in [6.07, 6.45) is -2.71. The van der Waals surface area contributed by atoms with Gasteiger partial charge in [0.25, 0.3) is 0 Å². The van der Waals surface area contributed by atoms with Crippen molar-refractivity contribution in [3.05, 3.63) is 17.2 Å². The van der Waals surface area contributed by atoms with E-state index in [9.17, 15) is 21.6 Å². The predicted octanol–water partition coefficient (Wildman–Crippen LogP) is 1.84. The van der Waals surface area contributed by atoms with Crippen LogP contribution in [0, 0.1) is 25.7 Å². The summed E-state index contributed by atoms with van der Waals surface area (Å²) in [7, 11) is -3.94. The smallest absolute Gasteiger partial charge is 0.381 e. The van der Waals surface area contributed by atoms with Crippen LogP contribution in [-0.4, -0.2) is 73.0 Å². The third kappa shape index (κ3) is 3.89. The molecule has 11 heteroatoms. The van der Waals surface area contributed by atoms with Crippen molar-refractivity contribution in [1.29, 1.82) is 0 Å². The van der Waals surface area contributed by atoms with E-state index in [1.54, 1.807) is 0 Å². The highest BCUT2D eigenvalue weighted by molar-refractivity contribution is 7.89. The Balaban J connectivity index is 1.51. The quantitative estimate of drug-likeness (QED) is 0.723. The van der Waals surface area contributed by atoms with Crippen LogP contribution in [0.4, 0.5) is 13.2 Å². The fourth-order valence-electron chi connectivity index (χ4n) is 4.87. The zero-order valence-electron chi connectivity index (χ0n) is 16.4. The van der Waals surface area contributed by atoms with Crippen LogP contribution in [-0.2, 0) is 20.9 Å². The zero-order chi connectivity index (χ0) is 21.0. The molecule has 0 aliphatic carbocycles. The van der Waals surface area contributed by atoms with Gasteiger partial charge in [-0.15, -0.1) is 0 Å². The van der Waals surface area contributed by atoms with Crippen molar-refractivity contribution < 1.29 is 26.3 Å². The molecule has 29 heavy (non-hydrogen) atoms. The van der Waals surface area contributed by atoms with E-state index in [1.165, 1.54) is 18.2 Å². The molecule has 0 aromatic carbocycles. The Labute approximate surface area is 168 Å². The summed E-state index contributed by atoms with van der Waals surface area (Å²) in [4.78, 5) is 9.09. The minimum atomic E-state index is -4.71. The number of aryl methyl sites for hydroxylation is 2. The molecule has 0 saturated carbocycles. The fourth-order valence-corrected chi connectivity index (χ4v) is 6.74. The van der Waals surface area contributed by atoms with E-state index in [1.807, 2.05) is 0 Å². The number of fused-ring (bicyclic) bond motifs is 1. The standard InChI is InChI=1S/C18H25F3N4O3S/c1-11-16(12(2)23-17(22-11)18(19,20)21)29(26,27)25-9-13-7-24(8-14(13)10-25)15-3-5-28-6-4-15/h13-15H,3-10H2,1-2H3/t13-,14?/m1/s1. The van der Waals surface area contributed by atoms with Gasteiger partial charge in [-0.2, -0.15) is 17.5 Å². The molecule has 0 radical (unpaired) electrons. The molecule has 2 atom stereocenters. The molecule has 1 aromatic heterocycles. The zero-order valence-corrected chi connectivity index (χ0v) is 17.3. The maximum Gasteiger partial charge on any atom is 0.451 e. The molecule has 1 unspecified atom stereocenters. The molecule has 4 heterocycles. The van der Waals surface area contributed by atoms with Crippen LogP contribution in [0.3, 0.4) is 0 Å². The molecule has 0 N–H and O–H groups in total. The number of hydrogen-bond donors (Lipinski definition) is 0. The van der Waals surface area contributed by atoms with Crippen LogP contribution in [0.25, 0.3) is 0 Å². The Kier molecular flexibility index (Phi) is 5.37. The minimum absolute atomic E-state index is 0.161. The van der Waals surface area contributed by atoms with Gasteiger partial charge < -0.3 is 4.74 Å².